The van der Waals surface area contributed by atoms with Crippen molar-refractivity contribution in [1.29, 1.82) is 0 Å². The van der Waals surface area contributed by atoms with Crippen molar-refractivity contribution in [1.82, 2.24) is 24.3 Å². The van der Waals surface area contributed by atoms with Crippen LogP contribution in [0.25, 0.3) is 11.0 Å². The predicted molar refractivity (Wildman–Crippen MR) is 137 cm³/mol. The van der Waals surface area contributed by atoms with Crippen LogP contribution in [0.4, 0.5) is 13.2 Å². The number of nitrogens with zero attached hydrogens (tertiary/aromatic N) is 5. The number of thiophene rings is 1. The van der Waals surface area contributed by atoms with E-state index in [1.165, 1.54) is 6.07 Å². The Morgan fingerprint density at radius 3 is 2.53 bits per heavy atom. The number of piperazine rings is 1. The van der Waals surface area contributed by atoms with E-state index in [0.717, 1.165) is 34.0 Å². The van der Waals surface area contributed by atoms with Crippen molar-refractivity contribution in [3.63, 3.8) is 0 Å². The molecule has 204 valence electrons. The van der Waals surface area contributed by atoms with Gasteiger partial charge in [-0.25, -0.2) is 4.98 Å². The zero-order valence-corrected chi connectivity index (χ0v) is 22.1. The van der Waals surface area contributed by atoms with Crippen molar-refractivity contribution in [2.24, 2.45) is 0 Å². The Morgan fingerprint density at radius 1 is 1.13 bits per heavy atom. The normalized spacial score (nSPS) is 21.1. The fourth-order valence-corrected chi connectivity index (χ4v) is 6.63. The quantitative estimate of drug-likeness (QED) is 0.507. The van der Waals surface area contributed by atoms with Gasteiger partial charge in [-0.2, -0.15) is 13.2 Å². The summed E-state index contributed by atoms with van der Waals surface area (Å²) >= 11 is 0.730. The van der Waals surface area contributed by atoms with Crippen LogP contribution in [-0.4, -0.2) is 86.0 Å². The Morgan fingerprint density at radius 2 is 1.87 bits per heavy atom. The fraction of sp³-hybridized carbons (Fsp3) is 0.500. The number of carboxylic acids is 1. The molecule has 3 aromatic heterocycles. The minimum Gasteiger partial charge on any atom is -0.480 e. The SMILES string of the molecule is C[C@@H]1CN(CC(=O)O)C[C@H](C)N1CC(=O)N1CCc2c(n(Cc3ccc(C(F)(F)F)s3)c3ncccc23)C1. The maximum absolute atomic E-state index is 13.5. The molecule has 0 aliphatic carbocycles. The highest BCUT2D eigenvalue weighted by Gasteiger charge is 2.35. The van der Waals surface area contributed by atoms with Gasteiger partial charge in [-0.3, -0.25) is 19.4 Å². The van der Waals surface area contributed by atoms with Crippen LogP contribution in [0.1, 0.15) is 34.9 Å². The molecule has 8 nitrogen and oxygen atoms in total. The number of hydrogen-bond donors (Lipinski definition) is 1. The van der Waals surface area contributed by atoms with E-state index < -0.39 is 17.0 Å². The van der Waals surface area contributed by atoms with Crippen LogP contribution < -0.4 is 0 Å². The molecule has 1 saturated heterocycles. The lowest BCUT2D eigenvalue weighted by molar-refractivity contribution is -0.141. The van der Waals surface area contributed by atoms with E-state index >= 15 is 0 Å². The van der Waals surface area contributed by atoms with Crippen LogP contribution in [0.2, 0.25) is 0 Å². The number of aromatic nitrogens is 2. The molecule has 0 spiro atoms. The Bertz CT molecular complexity index is 1340. The van der Waals surface area contributed by atoms with E-state index in [2.05, 4.69) is 9.88 Å². The number of carboxylic acid groups (broad SMARTS) is 1. The zero-order chi connectivity index (χ0) is 27.2. The monoisotopic (exact) mass is 549 g/mol. The number of hydrogen-bond acceptors (Lipinski definition) is 6. The summed E-state index contributed by atoms with van der Waals surface area (Å²) in [6, 6.07) is 6.50. The third kappa shape index (κ3) is 5.29. The van der Waals surface area contributed by atoms with Gasteiger partial charge in [0.15, 0.2) is 0 Å². The van der Waals surface area contributed by atoms with E-state index in [1.54, 1.807) is 6.20 Å². The Kier molecular flexibility index (Phi) is 7.23. The van der Waals surface area contributed by atoms with Gasteiger partial charge in [0, 0.05) is 53.9 Å². The molecule has 3 aromatic rings. The van der Waals surface area contributed by atoms with E-state index in [1.807, 2.05) is 40.3 Å². The largest absolute Gasteiger partial charge is 0.480 e. The molecule has 2 atom stereocenters. The maximum Gasteiger partial charge on any atom is 0.425 e. The van der Waals surface area contributed by atoms with Crippen molar-refractivity contribution in [3.05, 3.63) is 51.5 Å². The average molecular weight is 550 g/mol. The van der Waals surface area contributed by atoms with Gasteiger partial charge >= 0.3 is 12.1 Å². The van der Waals surface area contributed by atoms with Crippen LogP contribution in [-0.2, 0) is 35.3 Å². The van der Waals surface area contributed by atoms with Crippen molar-refractivity contribution >= 4 is 34.2 Å². The van der Waals surface area contributed by atoms with E-state index in [9.17, 15) is 22.8 Å². The Balaban J connectivity index is 1.35. The number of halogens is 3. The second-order valence-electron chi connectivity index (χ2n) is 10.2. The highest BCUT2D eigenvalue weighted by Crippen LogP contribution is 2.36. The molecule has 2 aliphatic heterocycles. The number of amides is 1. The minimum atomic E-state index is -4.38. The van der Waals surface area contributed by atoms with Crippen LogP contribution in [0.5, 0.6) is 0 Å². The third-order valence-electron chi connectivity index (χ3n) is 7.48. The summed E-state index contributed by atoms with van der Waals surface area (Å²) in [5.41, 5.74) is 2.71. The molecule has 2 aliphatic rings. The first-order valence-corrected chi connectivity index (χ1v) is 13.4. The summed E-state index contributed by atoms with van der Waals surface area (Å²) in [7, 11) is 0. The molecule has 0 aromatic carbocycles. The lowest BCUT2D eigenvalue weighted by Gasteiger charge is -2.44. The lowest BCUT2D eigenvalue weighted by Crippen LogP contribution is -2.59. The fourth-order valence-electron chi connectivity index (χ4n) is 5.77. The number of pyridine rings is 1. The molecule has 0 unspecified atom stereocenters. The van der Waals surface area contributed by atoms with Crippen LogP contribution >= 0.6 is 11.3 Å². The first kappa shape index (κ1) is 26.6. The predicted octanol–water partition coefficient (Wildman–Crippen LogP) is 3.53. The Labute approximate surface area is 222 Å². The molecule has 0 bridgehead atoms. The zero-order valence-electron chi connectivity index (χ0n) is 21.2. The minimum absolute atomic E-state index is 0.0127. The molecule has 5 heterocycles. The van der Waals surface area contributed by atoms with Gasteiger partial charge in [-0.05, 0) is 50.1 Å². The number of alkyl halides is 3. The number of fused-ring (bicyclic) bond motifs is 3. The van der Waals surface area contributed by atoms with Crippen molar-refractivity contribution < 1.29 is 27.9 Å². The first-order valence-electron chi connectivity index (χ1n) is 12.6. The molecule has 1 fully saturated rings. The third-order valence-corrected chi connectivity index (χ3v) is 8.59. The van der Waals surface area contributed by atoms with Crippen molar-refractivity contribution in [2.75, 3.05) is 32.7 Å². The van der Waals surface area contributed by atoms with Gasteiger partial charge in [-0.15, -0.1) is 11.3 Å². The highest BCUT2D eigenvalue weighted by molar-refractivity contribution is 7.12. The Hall–Kier alpha value is -2.96. The van der Waals surface area contributed by atoms with Crippen molar-refractivity contribution in [3.8, 4) is 0 Å². The molecule has 12 heteroatoms. The first-order chi connectivity index (χ1) is 18.0. The average Bonchev–Trinajstić information content (AvgIpc) is 3.44. The second kappa shape index (κ2) is 10.3. The van der Waals surface area contributed by atoms with Gasteiger partial charge < -0.3 is 14.6 Å². The molecule has 0 saturated carbocycles. The summed E-state index contributed by atoms with van der Waals surface area (Å²) < 4.78 is 41.5. The summed E-state index contributed by atoms with van der Waals surface area (Å²) in [5, 5.41) is 10.1. The number of aliphatic carboxylic acids is 1. The van der Waals surface area contributed by atoms with E-state index in [0.29, 0.717) is 43.1 Å². The summed E-state index contributed by atoms with van der Waals surface area (Å²) in [5.74, 6) is -0.874. The molecular weight excluding hydrogens is 519 g/mol. The summed E-state index contributed by atoms with van der Waals surface area (Å²) in [6.07, 6.45) is -2.06. The van der Waals surface area contributed by atoms with Gasteiger partial charge in [-0.1, -0.05) is 0 Å². The number of rotatable bonds is 6. The number of carbonyl (C=O) groups excluding carboxylic acids is 1. The standard InChI is InChI=1S/C26H30F3N5O3S/c1-16-10-31(15-24(36)37)11-17(2)33(16)14-23(35)32-9-7-19-20-4-3-8-30-25(20)34(21(19)13-32)12-18-5-6-22(38-18)26(27,28)29/h3-6,8,16-17H,7,9-15H2,1-2H3,(H,36,37)/t16-,17+. The van der Waals surface area contributed by atoms with Crippen LogP contribution in [0.3, 0.4) is 0 Å². The van der Waals surface area contributed by atoms with E-state index in [-0.39, 0.29) is 37.6 Å². The van der Waals surface area contributed by atoms with Crippen LogP contribution in [0.15, 0.2) is 30.5 Å². The summed E-state index contributed by atoms with van der Waals surface area (Å²) in [6.45, 7) is 6.56. The molecule has 0 radical (unpaired) electrons. The molecule has 38 heavy (non-hydrogen) atoms. The lowest BCUT2D eigenvalue weighted by atomic mass is 10.0. The second-order valence-corrected chi connectivity index (χ2v) is 11.3. The molecule has 5 rings (SSSR count). The van der Waals surface area contributed by atoms with Crippen molar-refractivity contribution in [2.45, 2.75) is 51.6 Å². The van der Waals surface area contributed by atoms with Gasteiger partial charge in [0.1, 0.15) is 10.5 Å². The smallest absolute Gasteiger partial charge is 0.425 e. The molecular formula is C26H30F3N5O3S. The van der Waals surface area contributed by atoms with Gasteiger partial charge in [0.25, 0.3) is 0 Å². The van der Waals surface area contributed by atoms with Gasteiger partial charge in [0.2, 0.25) is 5.91 Å². The van der Waals surface area contributed by atoms with Crippen LogP contribution in [0, 0.1) is 0 Å². The van der Waals surface area contributed by atoms with Gasteiger partial charge in [0.05, 0.1) is 26.2 Å². The molecule has 1 N–H and O–H groups in total. The topological polar surface area (TPSA) is 81.9 Å². The summed E-state index contributed by atoms with van der Waals surface area (Å²) in [4.78, 5) is 34.9. The number of carbonyl (C=O) groups is 2. The maximum atomic E-state index is 13.5. The van der Waals surface area contributed by atoms with E-state index in [4.69, 9.17) is 5.11 Å². The molecule has 1 amide bonds. The highest BCUT2D eigenvalue weighted by atomic mass is 32.1.